The fourth-order valence-corrected chi connectivity index (χ4v) is 20.9. The van der Waals surface area contributed by atoms with E-state index < -0.39 is 98.8 Å². The first-order chi connectivity index (χ1) is 72.2. The van der Waals surface area contributed by atoms with Crippen LogP contribution in [-0.4, -0.2) is 60.1 Å². The summed E-state index contributed by atoms with van der Waals surface area (Å²) in [7, 11) is -20.0. The highest BCUT2D eigenvalue weighted by molar-refractivity contribution is 7.53. The minimum absolute atomic E-state index is 0.0981. The number of benzene rings is 15. The molecule has 150 heavy (non-hydrogen) atoms. The van der Waals surface area contributed by atoms with Crippen LogP contribution in [0.25, 0.3) is 0 Å². The lowest BCUT2D eigenvalue weighted by molar-refractivity contribution is -0.147. The average molecular weight is 2230 g/mol. The molecule has 0 aliphatic carbocycles. The largest absolute Gasteiger partial charge is 0.513 e. The van der Waals surface area contributed by atoms with Crippen molar-refractivity contribution < 1.29 is 116 Å². The highest BCUT2D eigenvalue weighted by atomic mass is 35.5. The SMILES string of the molecule is C[C@H](NP(=O)(Oc1ccccc1)Oc1ccc(Cl)cc1)C(=O)OCc1ccccc1.C[C@H](NP(=O)(Oc1ccccc1)Oc1ccccc1Cl)C(=O)OCc1ccccc1.C[C@H](N[P@@](=O)(Oc1ccccc1)Oc1ccc(Cl)cc1)C(=O)OCc1ccccc1.C[C@H](N[P@](=O)(Oc1ccccc1)Oc1ccc(Cl)cc1)C(=O)OCc1ccccc1.C[C@H](N[P@](=O)(Oc1ccccc1)Oc1ccccc1Cl)C(=O)OCc1ccccc1. The molecule has 15 rings (SSSR count). The van der Waals surface area contributed by atoms with Crippen molar-refractivity contribution in [1.82, 2.24) is 25.4 Å². The van der Waals surface area contributed by atoms with Gasteiger partial charge < -0.3 is 68.9 Å². The van der Waals surface area contributed by atoms with Crippen LogP contribution in [0.1, 0.15) is 62.4 Å². The summed E-state index contributed by atoms with van der Waals surface area (Å²) in [5.74, 6) is -0.213. The third-order valence-electron chi connectivity index (χ3n) is 19.7. The van der Waals surface area contributed by atoms with Crippen LogP contribution in [0.3, 0.4) is 0 Å². The van der Waals surface area contributed by atoms with E-state index >= 15 is 0 Å². The Morgan fingerprint density at radius 1 is 0.193 bits per heavy atom. The first-order valence-corrected chi connectivity index (χ1v) is 55.7. The second-order valence-corrected chi connectivity index (χ2v) is 42.1. The second-order valence-electron chi connectivity index (χ2n) is 31.9. The summed E-state index contributed by atoms with van der Waals surface area (Å²) in [5, 5.41) is 15.2. The predicted octanol–water partition coefficient (Wildman–Crippen LogP) is 28.1. The lowest BCUT2D eigenvalue weighted by Crippen LogP contribution is -2.35. The number of carbonyl (C=O) groups is 5. The molecule has 15 aromatic carbocycles. The van der Waals surface area contributed by atoms with Gasteiger partial charge in [0.25, 0.3) is 0 Å². The first-order valence-electron chi connectivity index (χ1n) is 46.1. The van der Waals surface area contributed by atoms with Crippen molar-refractivity contribution in [3.8, 4) is 57.5 Å². The zero-order valence-corrected chi connectivity index (χ0v) is 89.4. The number of halogens is 5. The zero-order valence-electron chi connectivity index (χ0n) is 81.2. The highest BCUT2D eigenvalue weighted by Crippen LogP contribution is 2.52. The van der Waals surface area contributed by atoms with Gasteiger partial charge >= 0.3 is 68.6 Å². The van der Waals surface area contributed by atoms with E-state index in [9.17, 15) is 46.8 Å². The Morgan fingerprint density at radius 2 is 0.333 bits per heavy atom. The first kappa shape index (κ1) is 116. The number of esters is 5. The van der Waals surface area contributed by atoms with Crippen LogP contribution in [0.15, 0.2) is 425 Å². The van der Waals surface area contributed by atoms with E-state index in [4.69, 9.17) is 127 Å². The van der Waals surface area contributed by atoms with Gasteiger partial charge in [-0.05, 0) is 220 Å². The van der Waals surface area contributed by atoms with E-state index in [1.807, 2.05) is 152 Å². The van der Waals surface area contributed by atoms with Crippen molar-refractivity contribution in [2.24, 2.45) is 0 Å². The Kier molecular flexibility index (Phi) is 46.6. The minimum Gasteiger partial charge on any atom is -0.460 e. The summed E-state index contributed by atoms with van der Waals surface area (Å²) in [6.45, 7) is 8.13. The maximum atomic E-state index is 13.5. The normalized spacial score (nSPS) is 13.7. The minimum atomic E-state index is -4.03. The Labute approximate surface area is 894 Å². The third kappa shape index (κ3) is 41.9. The number of hydrogen-bond acceptors (Lipinski definition) is 25. The molecule has 780 valence electrons. The molecule has 15 aromatic rings. The Balaban J connectivity index is 0.000000178. The van der Waals surface area contributed by atoms with Gasteiger partial charge in [-0.1, -0.05) is 325 Å². The molecular formula is C110H105Cl5N5O25P5. The maximum Gasteiger partial charge on any atom is 0.513 e. The second kappa shape index (κ2) is 60.0. The maximum absolute atomic E-state index is 13.5. The van der Waals surface area contributed by atoms with Gasteiger partial charge in [-0.15, -0.1) is 0 Å². The van der Waals surface area contributed by atoms with Crippen molar-refractivity contribution in [1.29, 1.82) is 0 Å². The molecular weight excluding hydrogens is 2120 g/mol. The van der Waals surface area contributed by atoms with Gasteiger partial charge in [-0.2, -0.15) is 25.4 Å². The van der Waals surface area contributed by atoms with Gasteiger partial charge in [0.05, 0.1) is 10.0 Å². The summed E-state index contributed by atoms with van der Waals surface area (Å²) < 4.78 is 150. The van der Waals surface area contributed by atoms with Crippen LogP contribution in [0, 0.1) is 0 Å². The van der Waals surface area contributed by atoms with Crippen molar-refractivity contribution in [3.05, 3.63) is 478 Å². The van der Waals surface area contributed by atoms with E-state index in [1.165, 1.54) is 34.6 Å². The van der Waals surface area contributed by atoms with Crippen LogP contribution < -0.4 is 70.7 Å². The van der Waals surface area contributed by atoms with E-state index in [2.05, 4.69) is 25.4 Å². The fraction of sp³-hybridized carbons (Fsp3) is 0.136. The van der Waals surface area contributed by atoms with Crippen LogP contribution in [0.2, 0.25) is 25.1 Å². The molecule has 0 aliphatic heterocycles. The summed E-state index contributed by atoms with van der Waals surface area (Å²) in [6.07, 6.45) is 0. The lowest BCUT2D eigenvalue weighted by Gasteiger charge is -2.23. The summed E-state index contributed by atoms with van der Waals surface area (Å²) in [5.41, 5.74) is 4.22. The van der Waals surface area contributed by atoms with Gasteiger partial charge in [0.15, 0.2) is 0 Å². The molecule has 0 heterocycles. The fourth-order valence-electron chi connectivity index (χ4n) is 12.4. The van der Waals surface area contributed by atoms with Crippen molar-refractivity contribution in [3.63, 3.8) is 0 Å². The predicted molar refractivity (Wildman–Crippen MR) is 578 cm³/mol. The van der Waals surface area contributed by atoms with E-state index in [-0.39, 0.29) is 71.8 Å². The summed E-state index contributed by atoms with van der Waals surface area (Å²) >= 11 is 29.9. The molecule has 10 atom stereocenters. The molecule has 0 bridgehead atoms. The number of ether oxygens (including phenoxy) is 5. The molecule has 0 saturated carbocycles. The molecule has 0 spiro atoms. The van der Waals surface area contributed by atoms with Gasteiger partial charge in [0.1, 0.15) is 121 Å². The Bertz CT molecular complexity index is 6400. The van der Waals surface area contributed by atoms with E-state index in [1.54, 1.807) is 273 Å². The number of nitrogens with one attached hydrogen (secondary N) is 5. The Hall–Kier alpha value is -14.0. The summed E-state index contributed by atoms with van der Waals surface area (Å²) in [6, 6.07) is 116. The highest BCUT2D eigenvalue weighted by Gasteiger charge is 2.40. The molecule has 2 unspecified atom stereocenters. The van der Waals surface area contributed by atoms with E-state index in [0.29, 0.717) is 43.8 Å². The molecule has 40 heteroatoms. The molecule has 0 amide bonds. The van der Waals surface area contributed by atoms with Crippen molar-refractivity contribution in [2.75, 3.05) is 0 Å². The lowest BCUT2D eigenvalue weighted by atomic mass is 10.2. The average Bonchev–Trinajstić information content (AvgIpc) is 0.835. The zero-order chi connectivity index (χ0) is 107. The van der Waals surface area contributed by atoms with Crippen LogP contribution in [0.4, 0.5) is 0 Å². The molecule has 30 nitrogen and oxygen atoms in total. The van der Waals surface area contributed by atoms with Gasteiger partial charge in [-0.3, -0.25) is 24.0 Å². The van der Waals surface area contributed by atoms with Crippen LogP contribution in [-0.2, 0) is 104 Å². The van der Waals surface area contributed by atoms with Crippen LogP contribution in [0.5, 0.6) is 57.5 Å². The monoisotopic (exact) mass is 2230 g/mol. The molecule has 5 N–H and O–H groups in total. The van der Waals surface area contributed by atoms with Gasteiger partial charge in [0, 0.05) is 15.1 Å². The van der Waals surface area contributed by atoms with Crippen LogP contribution >= 0.6 is 96.7 Å². The molecule has 0 aliphatic rings. The number of rotatable bonds is 45. The van der Waals surface area contributed by atoms with Crippen molar-refractivity contribution in [2.45, 2.75) is 97.9 Å². The molecule has 0 radical (unpaired) electrons. The summed E-state index contributed by atoms with van der Waals surface area (Å²) in [4.78, 5) is 62.1. The molecule has 0 fully saturated rings. The standard InChI is InChI=1S/5C22H21ClNO5P/c2*1-17(22(25)27-16-18-10-4-2-5-11-18)24-30(26,28-19-12-6-3-7-13-19)29-21-15-9-8-14-20(21)23;3*1-17(22(25)27-16-18-8-4-2-5-9-18)24-30(26,28-20-10-6-3-7-11-20)29-21-14-12-19(23)13-15-21/h5*2-15,17H,16H2,1H3,(H,24,26)/t17-,30?;17-,30-;17-,30?;17-,30+;17-,30-/m00000/s1. The molecule has 0 saturated heterocycles. The smallest absolute Gasteiger partial charge is 0.460 e. The third-order valence-corrected chi connectivity index (χ3v) is 29.1. The van der Waals surface area contributed by atoms with Crippen molar-refractivity contribution >= 4 is 127 Å². The number of hydrogen-bond donors (Lipinski definition) is 5. The Morgan fingerprint density at radius 3 is 0.500 bits per heavy atom. The quantitative estimate of drug-likeness (QED) is 0.0134. The number of para-hydroxylation sites is 7. The number of carbonyl (C=O) groups excluding carboxylic acids is 5. The van der Waals surface area contributed by atoms with E-state index in [0.717, 1.165) is 27.8 Å². The topological polar surface area (TPSA) is 369 Å². The molecule has 0 aromatic heterocycles. The van der Waals surface area contributed by atoms with Gasteiger partial charge in [0.2, 0.25) is 0 Å². The van der Waals surface area contributed by atoms with Gasteiger partial charge in [-0.25, -0.2) is 22.8 Å².